The van der Waals surface area contributed by atoms with Gasteiger partial charge in [0.25, 0.3) is 0 Å². The topological polar surface area (TPSA) is 66.0 Å². The lowest BCUT2D eigenvalue weighted by Gasteiger charge is -2.10. The Labute approximate surface area is 133 Å². The summed E-state index contributed by atoms with van der Waals surface area (Å²) in [4.78, 5) is 0. The molecule has 0 aliphatic rings. The van der Waals surface area contributed by atoms with Gasteiger partial charge in [-0.25, -0.2) is 9.07 Å². The number of halogens is 1. The van der Waals surface area contributed by atoms with E-state index >= 15 is 0 Å². The summed E-state index contributed by atoms with van der Waals surface area (Å²) in [7, 11) is 1.61. The van der Waals surface area contributed by atoms with Crippen LogP contribution in [0.4, 0.5) is 4.39 Å². The summed E-state index contributed by atoms with van der Waals surface area (Å²) >= 11 is 0. The van der Waals surface area contributed by atoms with Gasteiger partial charge in [-0.05, 0) is 18.2 Å². The first-order valence-corrected chi connectivity index (χ1v) is 7.23. The van der Waals surface area contributed by atoms with E-state index in [2.05, 4.69) is 10.3 Å². The molecule has 2 aromatic carbocycles. The number of aromatic nitrogens is 3. The van der Waals surface area contributed by atoms with E-state index in [-0.39, 0.29) is 18.9 Å². The second-order valence-electron chi connectivity index (χ2n) is 5.07. The van der Waals surface area contributed by atoms with Crippen molar-refractivity contribution in [1.29, 1.82) is 0 Å². The Hall–Kier alpha value is -2.73. The average molecular weight is 312 g/mol. The molecule has 0 saturated heterocycles. The first-order chi connectivity index (χ1) is 11.2. The normalized spacial score (nSPS) is 10.7. The molecule has 118 valence electrons. The van der Waals surface area contributed by atoms with Crippen LogP contribution >= 0.6 is 0 Å². The quantitative estimate of drug-likeness (QED) is 0.786. The Morgan fingerprint density at radius 1 is 1.17 bits per heavy atom. The van der Waals surface area contributed by atoms with Crippen LogP contribution in [0.1, 0.15) is 11.3 Å². The zero-order valence-electron chi connectivity index (χ0n) is 12.7. The standard InChI is InChI=1S/C17H17FN4O/c1-23-14-7-4-6-12(9-14)17-16(10-19)20-21-22(17)11-13-5-2-3-8-15(13)18/h2-9H,10-11,19H2,1H3. The summed E-state index contributed by atoms with van der Waals surface area (Å²) in [6.07, 6.45) is 0. The van der Waals surface area contributed by atoms with Gasteiger partial charge in [0.1, 0.15) is 17.3 Å². The third kappa shape index (κ3) is 3.07. The number of ether oxygens (including phenoxy) is 1. The molecule has 0 atom stereocenters. The number of rotatable bonds is 5. The van der Waals surface area contributed by atoms with Gasteiger partial charge in [0.15, 0.2) is 0 Å². The van der Waals surface area contributed by atoms with E-state index in [0.717, 1.165) is 17.0 Å². The van der Waals surface area contributed by atoms with Crippen molar-refractivity contribution in [2.75, 3.05) is 7.11 Å². The van der Waals surface area contributed by atoms with Gasteiger partial charge in [-0.3, -0.25) is 0 Å². The number of nitrogens with zero attached hydrogens (tertiary/aromatic N) is 3. The maximum Gasteiger partial charge on any atom is 0.128 e. The predicted octanol–water partition coefficient (Wildman–Crippen LogP) is 2.60. The highest BCUT2D eigenvalue weighted by atomic mass is 19.1. The van der Waals surface area contributed by atoms with Crippen LogP contribution < -0.4 is 10.5 Å². The zero-order valence-corrected chi connectivity index (χ0v) is 12.7. The van der Waals surface area contributed by atoms with Crippen molar-refractivity contribution in [2.24, 2.45) is 5.73 Å². The molecule has 0 saturated carbocycles. The van der Waals surface area contributed by atoms with Crippen LogP contribution in [0.25, 0.3) is 11.3 Å². The highest BCUT2D eigenvalue weighted by Crippen LogP contribution is 2.26. The molecule has 1 heterocycles. The number of hydrogen-bond donors (Lipinski definition) is 1. The summed E-state index contributed by atoms with van der Waals surface area (Å²) < 4.78 is 20.8. The molecule has 6 heteroatoms. The Kier molecular flexibility index (Phi) is 4.34. The van der Waals surface area contributed by atoms with Crippen molar-refractivity contribution in [3.05, 3.63) is 65.6 Å². The molecular weight excluding hydrogens is 295 g/mol. The molecule has 3 aromatic rings. The van der Waals surface area contributed by atoms with Crippen molar-refractivity contribution in [2.45, 2.75) is 13.1 Å². The summed E-state index contributed by atoms with van der Waals surface area (Å²) in [6, 6.07) is 14.2. The van der Waals surface area contributed by atoms with Gasteiger partial charge in [-0.2, -0.15) is 0 Å². The van der Waals surface area contributed by atoms with Crippen LogP contribution in [0, 0.1) is 5.82 Å². The highest BCUT2D eigenvalue weighted by Gasteiger charge is 2.15. The largest absolute Gasteiger partial charge is 0.497 e. The van der Waals surface area contributed by atoms with Crippen LogP contribution in [-0.2, 0) is 13.1 Å². The zero-order chi connectivity index (χ0) is 16.2. The Morgan fingerprint density at radius 3 is 2.74 bits per heavy atom. The fourth-order valence-corrected chi connectivity index (χ4v) is 2.47. The van der Waals surface area contributed by atoms with E-state index in [9.17, 15) is 4.39 Å². The third-order valence-corrected chi connectivity index (χ3v) is 3.62. The molecule has 0 radical (unpaired) electrons. The van der Waals surface area contributed by atoms with Gasteiger partial charge in [-0.15, -0.1) is 5.10 Å². The molecule has 0 unspecified atom stereocenters. The van der Waals surface area contributed by atoms with Crippen molar-refractivity contribution >= 4 is 0 Å². The molecule has 3 rings (SSSR count). The fraction of sp³-hybridized carbons (Fsp3) is 0.176. The van der Waals surface area contributed by atoms with Gasteiger partial charge in [0, 0.05) is 17.7 Å². The second kappa shape index (κ2) is 6.58. The van der Waals surface area contributed by atoms with Crippen LogP contribution in [0.3, 0.4) is 0 Å². The van der Waals surface area contributed by atoms with Gasteiger partial charge < -0.3 is 10.5 Å². The van der Waals surface area contributed by atoms with E-state index in [1.54, 1.807) is 30.0 Å². The second-order valence-corrected chi connectivity index (χ2v) is 5.07. The van der Waals surface area contributed by atoms with Gasteiger partial charge >= 0.3 is 0 Å². The van der Waals surface area contributed by atoms with Gasteiger partial charge in [0.05, 0.1) is 19.3 Å². The number of hydrogen-bond acceptors (Lipinski definition) is 4. The monoisotopic (exact) mass is 312 g/mol. The minimum absolute atomic E-state index is 0.254. The average Bonchev–Trinajstić information content (AvgIpc) is 2.99. The summed E-state index contributed by atoms with van der Waals surface area (Å²) in [5, 5.41) is 8.25. The smallest absolute Gasteiger partial charge is 0.128 e. The third-order valence-electron chi connectivity index (χ3n) is 3.62. The number of methoxy groups -OCH3 is 1. The summed E-state index contributed by atoms with van der Waals surface area (Å²) in [5.41, 5.74) is 8.64. The number of benzene rings is 2. The maximum absolute atomic E-state index is 13.9. The molecule has 23 heavy (non-hydrogen) atoms. The molecule has 1 aromatic heterocycles. The Bertz CT molecular complexity index is 816. The van der Waals surface area contributed by atoms with E-state index in [1.165, 1.54) is 6.07 Å². The molecule has 0 spiro atoms. The van der Waals surface area contributed by atoms with Gasteiger partial charge in [0.2, 0.25) is 0 Å². The van der Waals surface area contributed by atoms with E-state index in [4.69, 9.17) is 10.5 Å². The van der Waals surface area contributed by atoms with Crippen molar-refractivity contribution in [3.63, 3.8) is 0 Å². The highest BCUT2D eigenvalue weighted by molar-refractivity contribution is 5.64. The van der Waals surface area contributed by atoms with Crippen LogP contribution in [0.2, 0.25) is 0 Å². The molecular formula is C17H17FN4O. The molecule has 5 nitrogen and oxygen atoms in total. The van der Waals surface area contributed by atoms with E-state index in [0.29, 0.717) is 11.3 Å². The predicted molar refractivity (Wildman–Crippen MR) is 85.4 cm³/mol. The lowest BCUT2D eigenvalue weighted by molar-refractivity contribution is 0.415. The van der Waals surface area contributed by atoms with Crippen molar-refractivity contribution in [1.82, 2.24) is 15.0 Å². The molecule has 0 aliphatic carbocycles. The first kappa shape index (κ1) is 15.2. The van der Waals surface area contributed by atoms with E-state index in [1.807, 2.05) is 24.3 Å². The minimum Gasteiger partial charge on any atom is -0.497 e. The fourth-order valence-electron chi connectivity index (χ4n) is 2.47. The lowest BCUT2D eigenvalue weighted by atomic mass is 10.1. The van der Waals surface area contributed by atoms with Crippen LogP contribution in [0.15, 0.2) is 48.5 Å². The molecule has 0 aliphatic heterocycles. The molecule has 0 bridgehead atoms. The van der Waals surface area contributed by atoms with E-state index < -0.39 is 0 Å². The van der Waals surface area contributed by atoms with Crippen LogP contribution in [-0.4, -0.2) is 22.1 Å². The minimum atomic E-state index is -0.270. The van der Waals surface area contributed by atoms with Crippen molar-refractivity contribution in [3.8, 4) is 17.0 Å². The summed E-state index contributed by atoms with van der Waals surface area (Å²) in [6.45, 7) is 0.538. The molecule has 2 N–H and O–H groups in total. The Balaban J connectivity index is 2.05. The summed E-state index contributed by atoms with van der Waals surface area (Å²) in [5.74, 6) is 0.456. The lowest BCUT2D eigenvalue weighted by Crippen LogP contribution is -2.07. The van der Waals surface area contributed by atoms with Crippen LogP contribution in [0.5, 0.6) is 5.75 Å². The molecule has 0 amide bonds. The first-order valence-electron chi connectivity index (χ1n) is 7.23. The SMILES string of the molecule is COc1cccc(-c2c(CN)nnn2Cc2ccccc2F)c1. The number of nitrogens with two attached hydrogens (primary N) is 1. The molecule has 0 fully saturated rings. The van der Waals surface area contributed by atoms with Crippen molar-refractivity contribution < 1.29 is 9.13 Å². The Morgan fingerprint density at radius 2 is 2.00 bits per heavy atom. The van der Waals surface area contributed by atoms with Gasteiger partial charge in [-0.1, -0.05) is 35.5 Å². The maximum atomic E-state index is 13.9.